The van der Waals surface area contributed by atoms with Crippen molar-refractivity contribution in [2.24, 2.45) is 0 Å². The van der Waals surface area contributed by atoms with Crippen LogP contribution in [-0.2, 0) is 29.5 Å². The molecule has 0 radical (unpaired) electrons. The number of nitrogens with zero attached hydrogens (tertiary/aromatic N) is 1. The SMILES string of the molecule is O=S1(=O)c2ccccc2-c2ccc(-c3ccc(N(c4ccc(-c5ccc6c(c5)S(=O)(=O)c5ccccc5-6)cc4)c4ccc(-c5ccc6c(c5)S(=O)(=O)c5ccccc5-6)cc4)cc3)cc21. The Bertz CT molecular complexity index is 3410. The van der Waals surface area contributed by atoms with Crippen molar-refractivity contribution in [2.75, 3.05) is 4.90 Å². The van der Waals surface area contributed by atoms with Gasteiger partial charge in [0.15, 0.2) is 0 Å². The summed E-state index contributed by atoms with van der Waals surface area (Å²) in [5.74, 6) is 0. The average Bonchev–Trinajstić information content (AvgIpc) is 3.81. The molecule has 3 aliphatic heterocycles. The first-order valence-electron chi connectivity index (χ1n) is 20.6. The first-order chi connectivity index (χ1) is 31.0. The molecule has 0 fully saturated rings. The van der Waals surface area contributed by atoms with Gasteiger partial charge in [-0.2, -0.15) is 0 Å². The zero-order chi connectivity index (χ0) is 43.5. The molecular formula is C54H33NO6S3. The van der Waals surface area contributed by atoms with Gasteiger partial charge in [-0.05, 0) is 106 Å². The van der Waals surface area contributed by atoms with Gasteiger partial charge in [-0.3, -0.25) is 0 Å². The first-order valence-corrected chi connectivity index (χ1v) is 25.0. The first kappa shape index (κ1) is 38.3. The fourth-order valence-corrected chi connectivity index (χ4v) is 14.6. The van der Waals surface area contributed by atoms with Crippen LogP contribution in [0.25, 0.3) is 66.8 Å². The maximum Gasteiger partial charge on any atom is 0.207 e. The number of hydrogen-bond acceptors (Lipinski definition) is 7. The molecule has 0 aromatic heterocycles. The molecule has 0 N–H and O–H groups in total. The second kappa shape index (κ2) is 13.8. The van der Waals surface area contributed by atoms with E-state index < -0.39 is 29.5 Å². The van der Waals surface area contributed by atoms with Crippen LogP contribution in [0.1, 0.15) is 0 Å². The highest BCUT2D eigenvalue weighted by molar-refractivity contribution is 7.92. The highest BCUT2D eigenvalue weighted by atomic mass is 32.2. The van der Waals surface area contributed by atoms with Crippen molar-refractivity contribution in [1.29, 1.82) is 0 Å². The molecule has 0 atom stereocenters. The zero-order valence-electron chi connectivity index (χ0n) is 33.7. The molecule has 3 heterocycles. The Labute approximate surface area is 371 Å². The van der Waals surface area contributed by atoms with E-state index in [1.807, 2.05) is 146 Å². The molecule has 0 bridgehead atoms. The predicted molar refractivity (Wildman–Crippen MR) is 250 cm³/mol. The van der Waals surface area contributed by atoms with Crippen LogP contribution in [0.2, 0.25) is 0 Å². The van der Waals surface area contributed by atoms with Gasteiger partial charge in [-0.15, -0.1) is 0 Å². The standard InChI is InChI=1S/C54H33NO6S3/c56-62(57)49-10-4-1-7-43(49)46-28-19-37(31-52(46)62)34-13-22-40(23-14-34)55(41-24-15-35(16-25-41)38-20-29-47-44-8-2-5-11-50(44)63(58,59)53(47)32-38)42-26-17-36(18-27-42)39-21-30-48-45-9-3-6-12-51(45)64(60,61)54(48)33-39/h1-33H. The topological polar surface area (TPSA) is 106 Å². The van der Waals surface area contributed by atoms with Gasteiger partial charge in [-0.25, -0.2) is 25.3 Å². The van der Waals surface area contributed by atoms with Crippen LogP contribution >= 0.6 is 0 Å². The molecular weight excluding hydrogens is 855 g/mol. The molecule has 9 aromatic rings. The van der Waals surface area contributed by atoms with Gasteiger partial charge in [0, 0.05) is 50.4 Å². The molecule has 0 spiro atoms. The van der Waals surface area contributed by atoms with Crippen LogP contribution in [-0.4, -0.2) is 25.3 Å². The lowest BCUT2D eigenvalue weighted by Crippen LogP contribution is -2.09. The van der Waals surface area contributed by atoms with Gasteiger partial charge in [0.1, 0.15) is 0 Å². The van der Waals surface area contributed by atoms with E-state index in [9.17, 15) is 25.3 Å². The zero-order valence-corrected chi connectivity index (χ0v) is 36.1. The van der Waals surface area contributed by atoms with Gasteiger partial charge in [0.05, 0.1) is 29.4 Å². The van der Waals surface area contributed by atoms with E-state index in [4.69, 9.17) is 0 Å². The third kappa shape index (κ3) is 5.66. The number of sulfone groups is 3. The molecule has 64 heavy (non-hydrogen) atoms. The van der Waals surface area contributed by atoms with Crippen molar-refractivity contribution < 1.29 is 25.3 Å². The number of fused-ring (bicyclic) bond motifs is 9. The predicted octanol–water partition coefficient (Wildman–Crippen LogP) is 12.6. The summed E-state index contributed by atoms with van der Waals surface area (Å²) in [6, 6.07) is 61.8. The van der Waals surface area contributed by atoms with Crippen LogP contribution in [0, 0.1) is 0 Å². The summed E-state index contributed by atoms with van der Waals surface area (Å²) < 4.78 is 81.2. The maximum atomic E-state index is 13.5. The lowest BCUT2D eigenvalue weighted by Gasteiger charge is -2.26. The summed E-state index contributed by atoms with van der Waals surface area (Å²) in [5.41, 5.74) is 11.7. The van der Waals surface area contributed by atoms with Gasteiger partial charge >= 0.3 is 0 Å². The maximum absolute atomic E-state index is 13.5. The van der Waals surface area contributed by atoms with Crippen molar-refractivity contribution >= 4 is 46.6 Å². The van der Waals surface area contributed by atoms with Gasteiger partial charge < -0.3 is 4.90 Å². The normalized spacial score (nSPS) is 15.0. The van der Waals surface area contributed by atoms with Crippen LogP contribution in [0.3, 0.4) is 0 Å². The quantitative estimate of drug-likeness (QED) is 0.164. The highest BCUT2D eigenvalue weighted by Crippen LogP contribution is 2.48. The molecule has 0 aliphatic carbocycles. The van der Waals surface area contributed by atoms with E-state index in [1.165, 1.54) is 0 Å². The van der Waals surface area contributed by atoms with E-state index in [1.54, 1.807) is 54.6 Å². The minimum Gasteiger partial charge on any atom is -0.311 e. The lowest BCUT2D eigenvalue weighted by atomic mass is 9.99. The molecule has 0 unspecified atom stereocenters. The third-order valence-corrected chi connectivity index (χ3v) is 18.1. The Balaban J connectivity index is 0.910. The molecule has 308 valence electrons. The summed E-state index contributed by atoms with van der Waals surface area (Å²) in [7, 11) is -10.9. The fraction of sp³-hybridized carbons (Fsp3) is 0. The number of rotatable bonds is 6. The van der Waals surface area contributed by atoms with E-state index in [-0.39, 0.29) is 0 Å². The van der Waals surface area contributed by atoms with E-state index >= 15 is 0 Å². The number of benzene rings is 9. The van der Waals surface area contributed by atoms with E-state index in [2.05, 4.69) is 4.90 Å². The van der Waals surface area contributed by atoms with Crippen LogP contribution in [0.15, 0.2) is 230 Å². The Kier molecular flexibility index (Phi) is 8.27. The molecule has 7 nitrogen and oxygen atoms in total. The minimum atomic E-state index is -3.65. The second-order valence-corrected chi connectivity index (χ2v) is 21.8. The largest absolute Gasteiger partial charge is 0.311 e. The van der Waals surface area contributed by atoms with Crippen molar-refractivity contribution in [3.05, 3.63) is 200 Å². The average molecular weight is 888 g/mol. The van der Waals surface area contributed by atoms with Gasteiger partial charge in [0.2, 0.25) is 29.5 Å². The van der Waals surface area contributed by atoms with Crippen LogP contribution in [0.4, 0.5) is 17.1 Å². The number of hydrogen-bond donors (Lipinski definition) is 0. The Morgan fingerprint density at radius 2 is 0.469 bits per heavy atom. The van der Waals surface area contributed by atoms with Crippen molar-refractivity contribution in [3.8, 4) is 66.8 Å². The van der Waals surface area contributed by atoms with Crippen molar-refractivity contribution in [1.82, 2.24) is 0 Å². The minimum absolute atomic E-state index is 0.299. The molecule has 3 aliphatic rings. The van der Waals surface area contributed by atoms with Gasteiger partial charge in [0.25, 0.3) is 0 Å². The number of anilines is 3. The van der Waals surface area contributed by atoms with E-state index in [0.29, 0.717) is 62.8 Å². The Morgan fingerprint density at radius 3 is 0.750 bits per heavy atom. The molecule has 0 saturated heterocycles. The summed E-state index contributed by atoms with van der Waals surface area (Å²) in [6.45, 7) is 0. The van der Waals surface area contributed by atoms with Crippen molar-refractivity contribution in [2.45, 2.75) is 29.4 Å². The Morgan fingerprint density at radius 1 is 0.234 bits per heavy atom. The third-order valence-electron chi connectivity index (χ3n) is 12.6. The molecule has 0 saturated carbocycles. The second-order valence-electron chi connectivity index (χ2n) is 16.1. The summed E-state index contributed by atoms with van der Waals surface area (Å²) >= 11 is 0. The Hall–Kier alpha value is -7.37. The molecule has 0 amide bonds. The van der Waals surface area contributed by atoms with Crippen LogP contribution < -0.4 is 4.90 Å². The van der Waals surface area contributed by atoms with E-state index in [0.717, 1.165) is 50.4 Å². The highest BCUT2D eigenvalue weighted by Gasteiger charge is 2.35. The fourth-order valence-electron chi connectivity index (χ4n) is 9.42. The summed E-state index contributed by atoms with van der Waals surface area (Å²) in [6.07, 6.45) is 0. The molecule has 10 heteroatoms. The van der Waals surface area contributed by atoms with Crippen LogP contribution in [0.5, 0.6) is 0 Å². The summed E-state index contributed by atoms with van der Waals surface area (Å²) in [5, 5.41) is 0. The monoisotopic (exact) mass is 887 g/mol. The molecule has 12 rings (SSSR count). The lowest BCUT2D eigenvalue weighted by molar-refractivity contribution is 0.597. The van der Waals surface area contributed by atoms with Crippen molar-refractivity contribution in [3.63, 3.8) is 0 Å². The smallest absolute Gasteiger partial charge is 0.207 e. The summed E-state index contributed by atoms with van der Waals surface area (Å²) in [4.78, 5) is 3.97. The van der Waals surface area contributed by atoms with Gasteiger partial charge in [-0.1, -0.05) is 127 Å². The molecule has 9 aromatic carbocycles.